The van der Waals surface area contributed by atoms with Crippen LogP contribution in [0.15, 0.2) is 11.1 Å². The van der Waals surface area contributed by atoms with Gasteiger partial charge in [0.1, 0.15) is 7.85 Å². The summed E-state index contributed by atoms with van der Waals surface area (Å²) in [6, 6.07) is 2.09. The van der Waals surface area contributed by atoms with E-state index in [4.69, 9.17) is 12.6 Å². The molecule has 2 aliphatic heterocycles. The van der Waals surface area contributed by atoms with Crippen molar-refractivity contribution in [3.8, 4) is 0 Å². The molecular weight excluding hydrogens is 351 g/mol. The van der Waals surface area contributed by atoms with Gasteiger partial charge in [-0.25, -0.2) is 8.42 Å². The van der Waals surface area contributed by atoms with Gasteiger partial charge in [-0.05, 0) is 43.6 Å². The third kappa shape index (κ3) is 3.34. The molecule has 1 unspecified atom stereocenters. The van der Waals surface area contributed by atoms with Gasteiger partial charge in [0.05, 0.1) is 13.2 Å². The van der Waals surface area contributed by atoms with Gasteiger partial charge in [-0.3, -0.25) is 9.58 Å². The molecule has 0 amide bonds. The molecule has 3 fully saturated rings. The predicted octanol–water partition coefficient (Wildman–Crippen LogP) is -0.130. The molecule has 0 bridgehead atoms. The molecule has 0 N–H and O–H groups in total. The Morgan fingerprint density at radius 3 is 2.50 bits per heavy atom. The zero-order chi connectivity index (χ0) is 18.4. The summed E-state index contributed by atoms with van der Waals surface area (Å²) in [6.07, 6.45) is 5.52. The third-order valence-electron chi connectivity index (χ3n) is 6.48. The Bertz CT molecular complexity index is 752. The van der Waals surface area contributed by atoms with Crippen molar-refractivity contribution in [3.05, 3.63) is 6.07 Å². The van der Waals surface area contributed by atoms with Crippen molar-refractivity contribution in [1.29, 1.82) is 0 Å². The number of rotatable bonds is 3. The second-order valence-electron chi connectivity index (χ2n) is 7.98. The van der Waals surface area contributed by atoms with Gasteiger partial charge in [0, 0.05) is 44.9 Å². The molecule has 1 saturated carbocycles. The number of morpholine rings is 1. The lowest BCUT2D eigenvalue weighted by molar-refractivity contribution is 0.0137. The molecular formula is C17H27BN4O3S. The number of sulfonamides is 1. The number of aromatic nitrogens is 2. The highest BCUT2D eigenvalue weighted by Gasteiger charge is 2.45. The highest BCUT2D eigenvalue weighted by atomic mass is 32.2. The smallest absolute Gasteiger partial charge is 0.260 e. The summed E-state index contributed by atoms with van der Waals surface area (Å²) in [7, 11) is 3.76. The summed E-state index contributed by atoms with van der Waals surface area (Å²) in [5.41, 5.74) is 0.546. The van der Waals surface area contributed by atoms with Gasteiger partial charge < -0.3 is 4.74 Å². The van der Waals surface area contributed by atoms with E-state index < -0.39 is 10.0 Å². The van der Waals surface area contributed by atoms with Crippen molar-refractivity contribution in [1.82, 2.24) is 19.0 Å². The van der Waals surface area contributed by atoms with E-state index in [9.17, 15) is 8.42 Å². The molecule has 1 atom stereocenters. The number of piperidine rings is 1. The second-order valence-corrected chi connectivity index (χ2v) is 9.86. The van der Waals surface area contributed by atoms with Gasteiger partial charge in [-0.15, -0.1) is 0 Å². The predicted molar refractivity (Wildman–Crippen MR) is 99.1 cm³/mol. The van der Waals surface area contributed by atoms with Crippen LogP contribution in [0.4, 0.5) is 0 Å². The Labute approximate surface area is 157 Å². The van der Waals surface area contributed by atoms with Crippen LogP contribution in [0, 0.1) is 5.41 Å². The average Bonchev–Trinajstić information content (AvgIpc) is 3.20. The SMILES string of the molecule is [B]c1cc(S(=O)(=O)N2CCC3(CCC(N4CCOCC4)C3)CC2)n(C)n1. The molecule has 2 radical (unpaired) electrons. The minimum absolute atomic E-state index is 0.184. The molecule has 3 aliphatic rings. The van der Waals surface area contributed by atoms with Crippen LogP contribution in [0.3, 0.4) is 0 Å². The molecule has 0 aromatic carbocycles. The zero-order valence-electron chi connectivity index (χ0n) is 15.4. The van der Waals surface area contributed by atoms with E-state index in [1.165, 1.54) is 30.0 Å². The van der Waals surface area contributed by atoms with Crippen molar-refractivity contribution in [2.24, 2.45) is 12.5 Å². The topological polar surface area (TPSA) is 67.7 Å². The molecule has 1 aliphatic carbocycles. The highest BCUT2D eigenvalue weighted by Crippen LogP contribution is 2.48. The fourth-order valence-corrected chi connectivity index (χ4v) is 6.50. The molecule has 2 saturated heterocycles. The summed E-state index contributed by atoms with van der Waals surface area (Å²) < 4.78 is 34.3. The summed E-state index contributed by atoms with van der Waals surface area (Å²) in [4.78, 5) is 2.57. The van der Waals surface area contributed by atoms with Gasteiger partial charge >= 0.3 is 0 Å². The molecule has 26 heavy (non-hydrogen) atoms. The van der Waals surface area contributed by atoms with Crippen LogP contribution in [0.5, 0.6) is 0 Å². The van der Waals surface area contributed by atoms with Crippen LogP contribution >= 0.6 is 0 Å². The normalized spacial score (nSPS) is 28.0. The van der Waals surface area contributed by atoms with E-state index >= 15 is 0 Å². The maximum atomic E-state index is 12.9. The van der Waals surface area contributed by atoms with Crippen molar-refractivity contribution in [2.45, 2.75) is 43.2 Å². The second kappa shape index (κ2) is 6.93. The number of ether oxygens (including phenoxy) is 1. The van der Waals surface area contributed by atoms with Crippen molar-refractivity contribution in [2.75, 3.05) is 39.4 Å². The molecule has 1 spiro atoms. The van der Waals surface area contributed by atoms with E-state index in [0.29, 0.717) is 24.5 Å². The fourth-order valence-electron chi connectivity index (χ4n) is 4.93. The minimum Gasteiger partial charge on any atom is -0.379 e. The van der Waals surface area contributed by atoms with Gasteiger partial charge in [-0.2, -0.15) is 9.40 Å². The molecule has 1 aromatic heterocycles. The molecule has 4 rings (SSSR count). The van der Waals surface area contributed by atoms with Crippen molar-refractivity contribution >= 4 is 23.5 Å². The lowest BCUT2D eigenvalue weighted by Crippen LogP contribution is -2.45. The van der Waals surface area contributed by atoms with Crippen LogP contribution in [0.1, 0.15) is 32.1 Å². The number of nitrogens with zero attached hydrogens (tertiary/aromatic N) is 4. The Kier molecular flexibility index (Phi) is 4.92. The lowest BCUT2D eigenvalue weighted by atomic mass is 9.77. The monoisotopic (exact) mass is 378 g/mol. The maximum Gasteiger partial charge on any atom is 0.260 e. The molecule has 3 heterocycles. The molecule has 1 aromatic rings. The first-order chi connectivity index (χ1) is 12.4. The maximum absolute atomic E-state index is 12.9. The largest absolute Gasteiger partial charge is 0.379 e. The summed E-state index contributed by atoms with van der Waals surface area (Å²) in [5.74, 6) is 0. The van der Waals surface area contributed by atoms with Crippen LogP contribution in [-0.2, 0) is 21.8 Å². The number of hydrogen-bond donors (Lipinski definition) is 0. The summed E-state index contributed by atoms with van der Waals surface area (Å²) in [5, 5.41) is 4.16. The molecule has 7 nitrogen and oxygen atoms in total. The average molecular weight is 378 g/mol. The standard InChI is InChI=1S/C17H27BN4O3S/c1-20-16(12-15(18)19-20)26(23,24)22-6-4-17(5-7-22)3-2-14(13-17)21-8-10-25-11-9-21/h12,14H,2-11,13H2,1H3. The van der Waals surface area contributed by atoms with E-state index in [-0.39, 0.29) is 10.6 Å². The summed E-state index contributed by atoms with van der Waals surface area (Å²) >= 11 is 0. The third-order valence-corrected chi connectivity index (χ3v) is 8.44. The van der Waals surface area contributed by atoms with E-state index in [2.05, 4.69) is 10.00 Å². The quantitative estimate of drug-likeness (QED) is 0.686. The van der Waals surface area contributed by atoms with Gasteiger partial charge in [0.2, 0.25) is 0 Å². The molecule has 9 heteroatoms. The van der Waals surface area contributed by atoms with Crippen LogP contribution in [-0.4, -0.2) is 80.7 Å². The first-order valence-electron chi connectivity index (χ1n) is 9.51. The number of aryl methyl sites for hydroxylation is 1. The highest BCUT2D eigenvalue weighted by molar-refractivity contribution is 7.89. The van der Waals surface area contributed by atoms with Crippen LogP contribution in [0.25, 0.3) is 0 Å². The van der Waals surface area contributed by atoms with E-state index in [0.717, 1.165) is 39.1 Å². The Morgan fingerprint density at radius 2 is 1.88 bits per heavy atom. The number of hydrogen-bond acceptors (Lipinski definition) is 5. The van der Waals surface area contributed by atoms with Crippen LogP contribution < -0.4 is 5.59 Å². The van der Waals surface area contributed by atoms with Crippen molar-refractivity contribution in [3.63, 3.8) is 0 Å². The van der Waals surface area contributed by atoms with Gasteiger partial charge in [-0.1, -0.05) is 0 Å². The van der Waals surface area contributed by atoms with Crippen LogP contribution in [0.2, 0.25) is 0 Å². The minimum atomic E-state index is -3.53. The lowest BCUT2D eigenvalue weighted by Gasteiger charge is -2.40. The van der Waals surface area contributed by atoms with E-state index in [1.807, 2.05) is 0 Å². The van der Waals surface area contributed by atoms with E-state index in [1.54, 1.807) is 11.4 Å². The summed E-state index contributed by atoms with van der Waals surface area (Å²) in [6.45, 7) is 4.91. The Morgan fingerprint density at radius 1 is 1.19 bits per heavy atom. The van der Waals surface area contributed by atoms with Gasteiger partial charge in [0.25, 0.3) is 10.0 Å². The fraction of sp³-hybridized carbons (Fsp3) is 0.824. The first kappa shape index (κ1) is 18.5. The Balaban J connectivity index is 1.40. The zero-order valence-corrected chi connectivity index (χ0v) is 16.2. The molecule has 142 valence electrons. The first-order valence-corrected chi connectivity index (χ1v) is 11.0. The Hall–Kier alpha value is -0.895. The van der Waals surface area contributed by atoms with Crippen molar-refractivity contribution < 1.29 is 13.2 Å². The van der Waals surface area contributed by atoms with Gasteiger partial charge in [0.15, 0.2) is 5.03 Å².